The van der Waals surface area contributed by atoms with Crippen molar-refractivity contribution in [3.8, 4) is 0 Å². The molecule has 1 atom stereocenters. The van der Waals surface area contributed by atoms with Crippen LogP contribution < -0.4 is 5.32 Å². The number of aliphatic hydroxyl groups is 1. The summed E-state index contributed by atoms with van der Waals surface area (Å²) in [6.45, 7) is 6.76. The number of fused-ring (bicyclic) bond motifs is 1. The molecule has 0 aliphatic rings. The quantitative estimate of drug-likeness (QED) is 0.728. The fraction of sp³-hybridized carbons (Fsp3) is 0.562. The number of para-hydroxylation sites is 2. The molecule has 1 aromatic heterocycles. The van der Waals surface area contributed by atoms with Crippen LogP contribution in [-0.4, -0.2) is 27.3 Å². The van der Waals surface area contributed by atoms with Gasteiger partial charge in [0, 0.05) is 6.54 Å². The van der Waals surface area contributed by atoms with Gasteiger partial charge in [-0.2, -0.15) is 0 Å². The van der Waals surface area contributed by atoms with E-state index in [2.05, 4.69) is 35.0 Å². The van der Waals surface area contributed by atoms with Crippen LogP contribution in [0.25, 0.3) is 11.0 Å². The summed E-state index contributed by atoms with van der Waals surface area (Å²) in [4.78, 5) is 4.71. The van der Waals surface area contributed by atoms with Crippen LogP contribution in [0.4, 0.5) is 0 Å². The summed E-state index contributed by atoms with van der Waals surface area (Å²) in [6.07, 6.45) is 2.51. The van der Waals surface area contributed by atoms with Crippen LogP contribution in [-0.2, 0) is 13.1 Å². The van der Waals surface area contributed by atoms with Gasteiger partial charge in [-0.15, -0.1) is 0 Å². The first-order valence-corrected chi connectivity index (χ1v) is 7.59. The average Bonchev–Trinajstić information content (AvgIpc) is 2.82. The SMILES string of the molecule is CCCn1c(CNCCC(O)CC)nc2ccccc21. The highest BCUT2D eigenvalue weighted by atomic mass is 16.3. The molecule has 2 N–H and O–H groups in total. The van der Waals surface area contributed by atoms with Gasteiger partial charge in [-0.25, -0.2) is 4.98 Å². The van der Waals surface area contributed by atoms with Crippen LogP contribution in [0.1, 0.15) is 38.9 Å². The molecule has 20 heavy (non-hydrogen) atoms. The van der Waals surface area contributed by atoms with Gasteiger partial charge in [0.25, 0.3) is 0 Å². The van der Waals surface area contributed by atoms with Gasteiger partial charge in [0.2, 0.25) is 0 Å². The molecule has 2 aromatic rings. The summed E-state index contributed by atoms with van der Waals surface area (Å²) in [5, 5.41) is 12.9. The van der Waals surface area contributed by atoms with E-state index in [0.29, 0.717) is 0 Å². The van der Waals surface area contributed by atoms with Crippen molar-refractivity contribution in [2.75, 3.05) is 6.54 Å². The van der Waals surface area contributed by atoms with E-state index < -0.39 is 0 Å². The zero-order valence-corrected chi connectivity index (χ0v) is 12.5. The van der Waals surface area contributed by atoms with E-state index in [1.165, 1.54) is 5.52 Å². The number of hydrogen-bond acceptors (Lipinski definition) is 3. The number of aryl methyl sites for hydroxylation is 1. The van der Waals surface area contributed by atoms with Crippen molar-refractivity contribution < 1.29 is 5.11 Å². The molecule has 0 amide bonds. The number of rotatable bonds is 8. The van der Waals surface area contributed by atoms with Gasteiger partial charge in [0.15, 0.2) is 0 Å². The normalized spacial score (nSPS) is 12.9. The fourth-order valence-electron chi connectivity index (χ4n) is 2.41. The molecule has 0 fully saturated rings. The molecule has 0 aliphatic heterocycles. The summed E-state index contributed by atoms with van der Waals surface area (Å²) in [5.74, 6) is 1.08. The van der Waals surface area contributed by atoms with E-state index in [4.69, 9.17) is 4.98 Å². The first-order valence-electron chi connectivity index (χ1n) is 7.59. The number of aromatic nitrogens is 2. The van der Waals surface area contributed by atoms with Crippen molar-refractivity contribution in [3.63, 3.8) is 0 Å². The minimum Gasteiger partial charge on any atom is -0.393 e. The van der Waals surface area contributed by atoms with E-state index in [1.54, 1.807) is 0 Å². The summed E-state index contributed by atoms with van der Waals surface area (Å²) >= 11 is 0. The topological polar surface area (TPSA) is 50.1 Å². The van der Waals surface area contributed by atoms with Gasteiger partial charge in [-0.05, 0) is 37.9 Å². The fourth-order valence-corrected chi connectivity index (χ4v) is 2.41. The highest BCUT2D eigenvalue weighted by Crippen LogP contribution is 2.16. The maximum atomic E-state index is 9.55. The van der Waals surface area contributed by atoms with Crippen LogP contribution in [0.5, 0.6) is 0 Å². The van der Waals surface area contributed by atoms with Gasteiger partial charge >= 0.3 is 0 Å². The molecule has 0 saturated carbocycles. The first kappa shape index (κ1) is 15.0. The molecule has 0 saturated heterocycles. The molecule has 1 unspecified atom stereocenters. The Bertz CT molecular complexity index is 536. The van der Waals surface area contributed by atoms with Crippen molar-refractivity contribution in [1.29, 1.82) is 0 Å². The lowest BCUT2D eigenvalue weighted by atomic mass is 10.2. The second kappa shape index (κ2) is 7.41. The average molecular weight is 275 g/mol. The number of benzene rings is 1. The third-order valence-corrected chi connectivity index (χ3v) is 3.59. The third-order valence-electron chi connectivity index (χ3n) is 3.59. The predicted molar refractivity (Wildman–Crippen MR) is 82.6 cm³/mol. The molecule has 4 nitrogen and oxygen atoms in total. The Hall–Kier alpha value is -1.39. The molecule has 110 valence electrons. The van der Waals surface area contributed by atoms with Crippen LogP contribution in [0.2, 0.25) is 0 Å². The summed E-state index contributed by atoms with van der Waals surface area (Å²) in [6, 6.07) is 8.28. The smallest absolute Gasteiger partial charge is 0.123 e. The molecule has 2 rings (SSSR count). The van der Waals surface area contributed by atoms with E-state index in [9.17, 15) is 5.11 Å². The molecule has 1 heterocycles. The van der Waals surface area contributed by atoms with Crippen molar-refractivity contribution >= 4 is 11.0 Å². The van der Waals surface area contributed by atoms with E-state index >= 15 is 0 Å². The number of imidazole rings is 1. The minimum atomic E-state index is -0.197. The Morgan fingerprint density at radius 3 is 2.85 bits per heavy atom. The van der Waals surface area contributed by atoms with Gasteiger partial charge in [-0.3, -0.25) is 0 Å². The second-order valence-corrected chi connectivity index (χ2v) is 5.20. The molecule has 0 aliphatic carbocycles. The van der Waals surface area contributed by atoms with Crippen LogP contribution in [0.15, 0.2) is 24.3 Å². The van der Waals surface area contributed by atoms with Crippen LogP contribution in [0.3, 0.4) is 0 Å². The van der Waals surface area contributed by atoms with Crippen LogP contribution in [0, 0.1) is 0 Å². The lowest BCUT2D eigenvalue weighted by Gasteiger charge is -2.10. The Kier molecular flexibility index (Phi) is 5.56. The zero-order chi connectivity index (χ0) is 14.4. The van der Waals surface area contributed by atoms with Gasteiger partial charge in [0.05, 0.1) is 23.7 Å². The van der Waals surface area contributed by atoms with Crippen LogP contribution >= 0.6 is 0 Å². The third kappa shape index (κ3) is 3.58. The summed E-state index contributed by atoms with van der Waals surface area (Å²) in [7, 11) is 0. The molecule has 1 aromatic carbocycles. The number of hydrogen-bond donors (Lipinski definition) is 2. The Labute approximate surface area is 120 Å². The molecule has 0 spiro atoms. The van der Waals surface area contributed by atoms with Crippen molar-refractivity contribution in [2.24, 2.45) is 0 Å². The Morgan fingerprint density at radius 1 is 1.30 bits per heavy atom. The zero-order valence-electron chi connectivity index (χ0n) is 12.5. The first-order chi connectivity index (χ1) is 9.76. The van der Waals surface area contributed by atoms with Gasteiger partial charge in [0.1, 0.15) is 5.82 Å². The highest BCUT2D eigenvalue weighted by Gasteiger charge is 2.09. The molecule has 0 radical (unpaired) electrons. The maximum Gasteiger partial charge on any atom is 0.123 e. The van der Waals surface area contributed by atoms with Crippen molar-refractivity contribution in [1.82, 2.24) is 14.9 Å². The second-order valence-electron chi connectivity index (χ2n) is 5.20. The van der Waals surface area contributed by atoms with E-state index in [-0.39, 0.29) is 6.10 Å². The molecular formula is C16H25N3O. The Balaban J connectivity index is 2.03. The van der Waals surface area contributed by atoms with E-state index in [1.807, 2.05) is 13.0 Å². The van der Waals surface area contributed by atoms with Gasteiger partial charge in [-0.1, -0.05) is 26.0 Å². The van der Waals surface area contributed by atoms with Crippen molar-refractivity contribution in [3.05, 3.63) is 30.1 Å². The molecular weight excluding hydrogens is 250 g/mol. The highest BCUT2D eigenvalue weighted by molar-refractivity contribution is 5.75. The number of aliphatic hydroxyl groups excluding tert-OH is 1. The molecule has 4 heteroatoms. The number of nitrogens with zero attached hydrogens (tertiary/aromatic N) is 2. The summed E-state index contributed by atoms with van der Waals surface area (Å²) in [5.41, 5.74) is 2.27. The maximum absolute atomic E-state index is 9.55. The lowest BCUT2D eigenvalue weighted by molar-refractivity contribution is 0.159. The van der Waals surface area contributed by atoms with Crippen molar-refractivity contribution in [2.45, 2.75) is 52.3 Å². The largest absolute Gasteiger partial charge is 0.393 e. The predicted octanol–water partition coefficient (Wildman–Crippen LogP) is 2.70. The van der Waals surface area contributed by atoms with E-state index in [0.717, 1.165) is 50.2 Å². The standard InChI is InChI=1S/C16H25N3O/c1-3-11-19-15-8-6-5-7-14(15)18-16(19)12-17-10-9-13(20)4-2/h5-8,13,17,20H,3-4,9-12H2,1-2H3. The monoisotopic (exact) mass is 275 g/mol. The summed E-state index contributed by atoms with van der Waals surface area (Å²) < 4.78 is 2.29. The van der Waals surface area contributed by atoms with Gasteiger partial charge < -0.3 is 15.0 Å². The minimum absolute atomic E-state index is 0.197. The lowest BCUT2D eigenvalue weighted by Crippen LogP contribution is -2.21. The Morgan fingerprint density at radius 2 is 2.10 bits per heavy atom. The molecule has 0 bridgehead atoms. The number of nitrogens with one attached hydrogen (secondary N) is 1.